The van der Waals surface area contributed by atoms with E-state index in [2.05, 4.69) is 15.0 Å². The molecule has 0 atom stereocenters. The minimum Gasteiger partial charge on any atom is -0.345 e. The quantitative estimate of drug-likeness (QED) is 0.667. The van der Waals surface area contributed by atoms with Gasteiger partial charge in [0.15, 0.2) is 0 Å². The van der Waals surface area contributed by atoms with E-state index >= 15 is 0 Å². The number of aromatic amines is 1. The van der Waals surface area contributed by atoms with Gasteiger partial charge in [-0.15, -0.1) is 0 Å². The van der Waals surface area contributed by atoms with Crippen molar-refractivity contribution >= 4 is 12.2 Å². The van der Waals surface area contributed by atoms with E-state index in [0.29, 0.717) is 0 Å². The summed E-state index contributed by atoms with van der Waals surface area (Å²) in [4.78, 5) is 11.1. The third-order valence-electron chi connectivity index (χ3n) is 2.99. The molecule has 0 amide bonds. The van der Waals surface area contributed by atoms with Crippen LogP contribution in [0.15, 0.2) is 110 Å². The minimum absolute atomic E-state index is 0.849. The molecular formula is C22H21N3. The molecule has 0 unspecified atom stereocenters. The zero-order valence-electron chi connectivity index (χ0n) is 13.9. The highest BCUT2D eigenvalue weighted by Gasteiger charge is 1.81. The maximum atomic E-state index is 4.10. The molecule has 0 bridgehead atoms. The summed E-state index contributed by atoms with van der Waals surface area (Å²) in [5.74, 6) is 0.849. The highest BCUT2D eigenvalue weighted by atomic mass is 14.9. The average molecular weight is 327 g/mol. The van der Waals surface area contributed by atoms with Gasteiger partial charge in [0.25, 0.3) is 0 Å². The van der Waals surface area contributed by atoms with Crippen LogP contribution >= 0.6 is 0 Å². The van der Waals surface area contributed by atoms with Gasteiger partial charge in [-0.1, -0.05) is 79.0 Å². The van der Waals surface area contributed by atoms with Gasteiger partial charge in [-0.25, -0.2) is 4.98 Å². The van der Waals surface area contributed by atoms with E-state index in [-0.39, 0.29) is 0 Å². The minimum atomic E-state index is 0.849. The van der Waals surface area contributed by atoms with Crippen molar-refractivity contribution in [2.24, 2.45) is 0 Å². The van der Waals surface area contributed by atoms with Gasteiger partial charge in [-0.05, 0) is 23.8 Å². The molecule has 0 aliphatic carbocycles. The molecule has 3 heteroatoms. The van der Waals surface area contributed by atoms with Crippen molar-refractivity contribution in [2.75, 3.05) is 0 Å². The van der Waals surface area contributed by atoms with Gasteiger partial charge >= 0.3 is 0 Å². The fraction of sp³-hybridized carbons (Fsp3) is 0. The molecule has 0 saturated heterocycles. The van der Waals surface area contributed by atoms with Crippen LogP contribution in [0.1, 0.15) is 11.4 Å². The third-order valence-corrected chi connectivity index (χ3v) is 2.99. The Hall–Kier alpha value is -3.46. The first kappa shape index (κ1) is 17.9. The van der Waals surface area contributed by atoms with Gasteiger partial charge in [0.05, 0.1) is 0 Å². The normalized spacial score (nSPS) is 13.3. The Kier molecular flexibility index (Phi) is 8.60. The molecule has 0 aromatic carbocycles. The maximum absolute atomic E-state index is 4.10. The lowest BCUT2D eigenvalue weighted by Crippen LogP contribution is -1.70. The standard InChI is InChI=1S/C22H21N3/c1(2-4-6-8-10-12-14-22-24-19-20-25-22)3-5-7-9-11-13-21-15-17-23-18-16-21/h1-20H,(H,24,25)/b2-1+,5-3+,6-4+,9-7+,10-8+,13-11+,14-12+. The first-order valence-corrected chi connectivity index (χ1v) is 8.02. The van der Waals surface area contributed by atoms with E-state index in [9.17, 15) is 0 Å². The summed E-state index contributed by atoms with van der Waals surface area (Å²) in [6.45, 7) is 0. The number of imidazole rings is 1. The van der Waals surface area contributed by atoms with Crippen molar-refractivity contribution in [2.45, 2.75) is 0 Å². The van der Waals surface area contributed by atoms with Crippen LogP contribution in [0.3, 0.4) is 0 Å². The van der Waals surface area contributed by atoms with Gasteiger partial charge in [0.1, 0.15) is 5.82 Å². The molecule has 0 aliphatic heterocycles. The van der Waals surface area contributed by atoms with Crippen LogP contribution in [0.2, 0.25) is 0 Å². The number of aromatic nitrogens is 3. The van der Waals surface area contributed by atoms with E-state index in [0.717, 1.165) is 11.4 Å². The lowest BCUT2D eigenvalue weighted by atomic mass is 10.2. The molecule has 2 aromatic rings. The van der Waals surface area contributed by atoms with Crippen molar-refractivity contribution in [3.63, 3.8) is 0 Å². The molecule has 25 heavy (non-hydrogen) atoms. The SMILES string of the molecule is C(=C\C=C\C=C\C=C\c1ncc[nH]1)/C=C/C=C/C=C/c1ccncc1. The number of hydrogen-bond donors (Lipinski definition) is 1. The smallest absolute Gasteiger partial charge is 0.129 e. The molecule has 3 nitrogen and oxygen atoms in total. The molecule has 2 aromatic heterocycles. The van der Waals surface area contributed by atoms with Crippen LogP contribution in [0.5, 0.6) is 0 Å². The second-order valence-electron chi connectivity index (χ2n) is 4.90. The average Bonchev–Trinajstić information content (AvgIpc) is 3.16. The number of allylic oxidation sites excluding steroid dienone is 12. The van der Waals surface area contributed by atoms with Crippen LogP contribution in [0.4, 0.5) is 0 Å². The third kappa shape index (κ3) is 8.67. The number of rotatable bonds is 8. The first-order chi connectivity index (χ1) is 12.4. The zero-order chi connectivity index (χ0) is 17.4. The fourth-order valence-electron chi connectivity index (χ4n) is 1.80. The summed E-state index contributed by atoms with van der Waals surface area (Å²) in [6.07, 6.45) is 34.8. The molecule has 124 valence electrons. The molecule has 2 rings (SSSR count). The highest BCUT2D eigenvalue weighted by Crippen LogP contribution is 1.99. The topological polar surface area (TPSA) is 41.6 Å². The van der Waals surface area contributed by atoms with Crippen LogP contribution in [-0.4, -0.2) is 15.0 Å². The molecular weight excluding hydrogens is 306 g/mol. The highest BCUT2D eigenvalue weighted by molar-refractivity contribution is 5.50. The van der Waals surface area contributed by atoms with Crippen molar-refractivity contribution in [3.8, 4) is 0 Å². The number of pyridine rings is 1. The predicted molar refractivity (Wildman–Crippen MR) is 107 cm³/mol. The fourth-order valence-corrected chi connectivity index (χ4v) is 1.80. The number of H-pyrrole nitrogens is 1. The van der Waals surface area contributed by atoms with Gasteiger partial charge in [0.2, 0.25) is 0 Å². The summed E-state index contributed by atoms with van der Waals surface area (Å²) >= 11 is 0. The van der Waals surface area contributed by atoms with Crippen LogP contribution in [0.25, 0.3) is 12.2 Å². The summed E-state index contributed by atoms with van der Waals surface area (Å²) < 4.78 is 0. The Bertz CT molecular complexity index is 787. The van der Waals surface area contributed by atoms with Crippen molar-refractivity contribution in [3.05, 3.63) is 121 Å². The molecule has 2 heterocycles. The number of nitrogens with one attached hydrogen (secondary N) is 1. The van der Waals surface area contributed by atoms with Crippen molar-refractivity contribution < 1.29 is 0 Å². The predicted octanol–water partition coefficient (Wildman–Crippen LogP) is 5.31. The second kappa shape index (κ2) is 12.0. The number of nitrogens with zero attached hydrogens (tertiary/aromatic N) is 2. The maximum Gasteiger partial charge on any atom is 0.129 e. The second-order valence-corrected chi connectivity index (χ2v) is 4.90. The van der Waals surface area contributed by atoms with Crippen molar-refractivity contribution in [1.29, 1.82) is 0 Å². The Morgan fingerprint density at radius 1 is 0.600 bits per heavy atom. The van der Waals surface area contributed by atoms with E-state index < -0.39 is 0 Å². The lowest BCUT2D eigenvalue weighted by molar-refractivity contribution is 1.26. The largest absolute Gasteiger partial charge is 0.345 e. The van der Waals surface area contributed by atoms with Crippen molar-refractivity contribution in [1.82, 2.24) is 15.0 Å². The van der Waals surface area contributed by atoms with Gasteiger partial charge in [-0.3, -0.25) is 4.98 Å². The Labute approximate surface area is 148 Å². The van der Waals surface area contributed by atoms with Gasteiger partial charge < -0.3 is 4.98 Å². The number of hydrogen-bond acceptors (Lipinski definition) is 2. The summed E-state index contributed by atoms with van der Waals surface area (Å²) in [5, 5.41) is 0. The van der Waals surface area contributed by atoms with Crippen LogP contribution in [0, 0.1) is 0 Å². The van der Waals surface area contributed by atoms with Gasteiger partial charge in [0, 0.05) is 24.8 Å². The molecule has 0 fully saturated rings. The molecule has 0 aliphatic rings. The van der Waals surface area contributed by atoms with E-state index in [1.54, 1.807) is 24.8 Å². The summed E-state index contributed by atoms with van der Waals surface area (Å²) in [6, 6.07) is 3.94. The Balaban J connectivity index is 1.62. The molecule has 1 N–H and O–H groups in total. The monoisotopic (exact) mass is 327 g/mol. The zero-order valence-corrected chi connectivity index (χ0v) is 13.9. The van der Waals surface area contributed by atoms with Crippen LogP contribution in [-0.2, 0) is 0 Å². The van der Waals surface area contributed by atoms with Gasteiger partial charge in [-0.2, -0.15) is 0 Å². The molecule has 0 spiro atoms. The van der Waals surface area contributed by atoms with Crippen LogP contribution < -0.4 is 0 Å². The summed E-state index contributed by atoms with van der Waals surface area (Å²) in [5.41, 5.74) is 1.14. The first-order valence-electron chi connectivity index (χ1n) is 8.02. The van der Waals surface area contributed by atoms with E-state index in [4.69, 9.17) is 0 Å². The Morgan fingerprint density at radius 3 is 1.64 bits per heavy atom. The Morgan fingerprint density at radius 2 is 1.12 bits per heavy atom. The van der Waals surface area contributed by atoms with E-state index in [1.165, 1.54) is 0 Å². The molecule has 0 saturated carbocycles. The summed E-state index contributed by atoms with van der Waals surface area (Å²) in [7, 11) is 0. The molecule has 0 radical (unpaired) electrons. The lowest BCUT2D eigenvalue weighted by Gasteiger charge is -1.87. The van der Waals surface area contributed by atoms with E-state index in [1.807, 2.05) is 97.2 Å².